The van der Waals surface area contributed by atoms with Gasteiger partial charge < -0.3 is 9.84 Å². The molecule has 250 valence electrons. The van der Waals surface area contributed by atoms with Crippen molar-refractivity contribution in [2.24, 2.45) is 0 Å². The van der Waals surface area contributed by atoms with Crippen LogP contribution in [0.25, 0.3) is 0 Å². The molecule has 0 rings (SSSR count). The van der Waals surface area contributed by atoms with E-state index in [1.165, 1.54) is 89.9 Å². The number of carbonyl (C=O) groups excluding carboxylic acids is 1. The van der Waals surface area contributed by atoms with Crippen LogP contribution in [0.4, 0.5) is 0 Å². The largest absolute Gasteiger partial charge is 0.481 e. The Hall–Kier alpha value is -1.84. The summed E-state index contributed by atoms with van der Waals surface area (Å²) in [5, 5.41) is 8.72. The van der Waals surface area contributed by atoms with Crippen molar-refractivity contribution < 1.29 is 19.4 Å². The third kappa shape index (κ3) is 34.5. The minimum atomic E-state index is -0.697. The number of esters is 1. The van der Waals surface area contributed by atoms with Crippen molar-refractivity contribution >= 4 is 11.9 Å². The smallest absolute Gasteiger partial charge is 0.306 e. The topological polar surface area (TPSA) is 63.6 Å². The zero-order valence-corrected chi connectivity index (χ0v) is 28.5. The highest BCUT2D eigenvalue weighted by atomic mass is 16.5. The van der Waals surface area contributed by atoms with Gasteiger partial charge in [0, 0.05) is 12.8 Å². The molecule has 0 fully saturated rings. The molecule has 1 N–H and O–H groups in total. The van der Waals surface area contributed by atoms with Crippen LogP contribution in [0.3, 0.4) is 0 Å². The van der Waals surface area contributed by atoms with E-state index in [9.17, 15) is 9.59 Å². The molecule has 0 spiro atoms. The molecule has 0 heterocycles. The average molecular weight is 603 g/mol. The molecule has 0 radical (unpaired) electrons. The second-order valence-corrected chi connectivity index (χ2v) is 12.4. The molecule has 0 aliphatic heterocycles. The summed E-state index contributed by atoms with van der Waals surface area (Å²) in [6.45, 7) is 4.46. The third-order valence-corrected chi connectivity index (χ3v) is 8.08. The fourth-order valence-electron chi connectivity index (χ4n) is 5.33. The van der Waals surface area contributed by atoms with E-state index in [1.807, 2.05) is 0 Å². The Morgan fingerprint density at radius 1 is 0.512 bits per heavy atom. The molecule has 0 saturated heterocycles. The molecule has 43 heavy (non-hydrogen) atoms. The molecular formula is C39H70O4. The van der Waals surface area contributed by atoms with Gasteiger partial charge in [-0.1, -0.05) is 121 Å². The van der Waals surface area contributed by atoms with Crippen LogP contribution in [-0.2, 0) is 14.3 Å². The number of ether oxygens (including phenoxy) is 1. The van der Waals surface area contributed by atoms with Crippen LogP contribution in [0.15, 0.2) is 36.5 Å². The highest BCUT2D eigenvalue weighted by molar-refractivity contribution is 5.69. The highest BCUT2D eigenvalue weighted by Crippen LogP contribution is 2.18. The number of carbonyl (C=O) groups is 2. The average Bonchev–Trinajstić information content (AvgIpc) is 2.99. The van der Waals surface area contributed by atoms with Crippen LogP contribution < -0.4 is 0 Å². The standard InChI is InChI=1S/C39H70O4/c1-3-5-7-8-9-10-11-12-13-14-15-16-17-18-19-20-21-22-23-28-32-36-39(42)43-37(33-29-6-4-2)34-30-26-24-25-27-31-35-38(40)41/h9-10,12-13,18-19,37H,3-8,11,14-17,20-36H2,1-2H3,(H,40,41)/b10-9-,13-12-,19-18-. The van der Waals surface area contributed by atoms with Crippen LogP contribution in [0.5, 0.6) is 0 Å². The summed E-state index contributed by atoms with van der Waals surface area (Å²) in [4.78, 5) is 23.1. The Balaban J connectivity index is 3.71. The van der Waals surface area contributed by atoms with E-state index in [0.717, 1.165) is 77.0 Å². The quantitative estimate of drug-likeness (QED) is 0.0461. The number of aliphatic carboxylic acids is 1. The van der Waals surface area contributed by atoms with E-state index in [4.69, 9.17) is 9.84 Å². The van der Waals surface area contributed by atoms with Crippen molar-refractivity contribution in [3.63, 3.8) is 0 Å². The number of unbranched alkanes of at least 4 members (excludes halogenated alkanes) is 18. The molecule has 4 heteroatoms. The summed E-state index contributed by atoms with van der Waals surface area (Å²) in [5.74, 6) is -0.708. The molecule has 4 nitrogen and oxygen atoms in total. The van der Waals surface area contributed by atoms with Crippen molar-refractivity contribution in [1.29, 1.82) is 0 Å². The summed E-state index contributed by atoms with van der Waals surface area (Å²) < 4.78 is 5.89. The molecule has 0 aromatic heterocycles. The Morgan fingerprint density at radius 2 is 0.907 bits per heavy atom. The van der Waals surface area contributed by atoms with Crippen molar-refractivity contribution in [2.45, 2.75) is 200 Å². The minimum absolute atomic E-state index is 0.0109. The SMILES string of the molecule is CCCCC/C=C\C/C=C\CCCC/C=C\CCCCCCCC(=O)OC(CCCCC)CCCCCCCCC(=O)O. The summed E-state index contributed by atoms with van der Waals surface area (Å²) in [7, 11) is 0. The molecule has 0 aromatic carbocycles. The number of carboxylic acids is 1. The fourth-order valence-corrected chi connectivity index (χ4v) is 5.33. The maximum Gasteiger partial charge on any atom is 0.306 e. The lowest BCUT2D eigenvalue weighted by atomic mass is 10.0. The van der Waals surface area contributed by atoms with Gasteiger partial charge in [0.1, 0.15) is 6.10 Å². The predicted octanol–water partition coefficient (Wildman–Crippen LogP) is 12.6. The van der Waals surface area contributed by atoms with Gasteiger partial charge in [0.25, 0.3) is 0 Å². The normalized spacial score (nSPS) is 12.6. The molecule has 0 aliphatic rings. The van der Waals surface area contributed by atoms with E-state index in [1.54, 1.807) is 0 Å². The zero-order chi connectivity index (χ0) is 31.5. The maximum atomic E-state index is 12.5. The van der Waals surface area contributed by atoms with Gasteiger partial charge in [-0.25, -0.2) is 0 Å². The van der Waals surface area contributed by atoms with Crippen LogP contribution >= 0.6 is 0 Å². The van der Waals surface area contributed by atoms with Gasteiger partial charge in [-0.05, 0) is 96.3 Å². The van der Waals surface area contributed by atoms with Crippen molar-refractivity contribution in [1.82, 2.24) is 0 Å². The Morgan fingerprint density at radius 3 is 1.47 bits per heavy atom. The first-order valence-corrected chi connectivity index (χ1v) is 18.5. The number of hydrogen-bond donors (Lipinski definition) is 1. The minimum Gasteiger partial charge on any atom is -0.481 e. The van der Waals surface area contributed by atoms with Crippen molar-refractivity contribution in [3.8, 4) is 0 Å². The molecule has 0 aromatic rings. The maximum absolute atomic E-state index is 12.5. The first-order valence-electron chi connectivity index (χ1n) is 18.5. The molecule has 0 amide bonds. The van der Waals surface area contributed by atoms with Gasteiger partial charge in [-0.3, -0.25) is 9.59 Å². The Kier molecular flexibility index (Phi) is 33.2. The van der Waals surface area contributed by atoms with Crippen LogP contribution in [-0.4, -0.2) is 23.1 Å². The van der Waals surface area contributed by atoms with E-state index in [-0.39, 0.29) is 18.5 Å². The molecule has 0 aliphatic carbocycles. The van der Waals surface area contributed by atoms with Gasteiger partial charge in [-0.2, -0.15) is 0 Å². The van der Waals surface area contributed by atoms with Gasteiger partial charge >= 0.3 is 11.9 Å². The first-order chi connectivity index (χ1) is 21.1. The molecule has 0 saturated carbocycles. The van der Waals surface area contributed by atoms with Crippen molar-refractivity contribution in [3.05, 3.63) is 36.5 Å². The predicted molar refractivity (Wildman–Crippen MR) is 186 cm³/mol. The third-order valence-electron chi connectivity index (χ3n) is 8.08. The lowest BCUT2D eigenvalue weighted by molar-refractivity contribution is -0.150. The number of allylic oxidation sites excluding steroid dienone is 6. The Bertz CT molecular complexity index is 693. The van der Waals surface area contributed by atoms with E-state index >= 15 is 0 Å². The number of carboxylic acid groups (broad SMARTS) is 1. The van der Waals surface area contributed by atoms with Gasteiger partial charge in [-0.15, -0.1) is 0 Å². The number of hydrogen-bond acceptors (Lipinski definition) is 3. The summed E-state index contributed by atoms with van der Waals surface area (Å²) in [5.41, 5.74) is 0. The van der Waals surface area contributed by atoms with E-state index in [2.05, 4.69) is 50.3 Å². The van der Waals surface area contributed by atoms with Crippen LogP contribution in [0.2, 0.25) is 0 Å². The fraction of sp³-hybridized carbons (Fsp3) is 0.795. The van der Waals surface area contributed by atoms with Crippen LogP contribution in [0, 0.1) is 0 Å². The number of rotatable bonds is 33. The van der Waals surface area contributed by atoms with Gasteiger partial charge in [0.05, 0.1) is 0 Å². The summed E-state index contributed by atoms with van der Waals surface area (Å²) in [6.07, 6.45) is 44.7. The van der Waals surface area contributed by atoms with Gasteiger partial charge in [0.15, 0.2) is 0 Å². The second kappa shape index (κ2) is 34.6. The monoisotopic (exact) mass is 603 g/mol. The van der Waals surface area contributed by atoms with Crippen molar-refractivity contribution in [2.75, 3.05) is 0 Å². The summed E-state index contributed by atoms with van der Waals surface area (Å²) >= 11 is 0. The van der Waals surface area contributed by atoms with Gasteiger partial charge in [0.2, 0.25) is 0 Å². The molecular weight excluding hydrogens is 532 g/mol. The highest BCUT2D eigenvalue weighted by Gasteiger charge is 2.14. The lowest BCUT2D eigenvalue weighted by Gasteiger charge is -2.18. The molecule has 1 unspecified atom stereocenters. The second-order valence-electron chi connectivity index (χ2n) is 12.4. The summed E-state index contributed by atoms with van der Waals surface area (Å²) in [6, 6.07) is 0. The molecule has 1 atom stereocenters. The Labute approximate surface area is 267 Å². The lowest BCUT2D eigenvalue weighted by Crippen LogP contribution is -2.18. The van der Waals surface area contributed by atoms with E-state index in [0.29, 0.717) is 6.42 Å². The zero-order valence-electron chi connectivity index (χ0n) is 28.5. The van der Waals surface area contributed by atoms with E-state index < -0.39 is 5.97 Å². The molecule has 0 bridgehead atoms. The first kappa shape index (κ1) is 41.2. The van der Waals surface area contributed by atoms with Crippen LogP contribution in [0.1, 0.15) is 194 Å².